The molecule has 1 aliphatic carbocycles. The molecule has 0 bridgehead atoms. The fourth-order valence-electron chi connectivity index (χ4n) is 7.74. The molecule has 0 spiro atoms. The third-order valence-electron chi connectivity index (χ3n) is 9.93. The fourth-order valence-corrected chi connectivity index (χ4v) is 7.74. The molecule has 1 atom stereocenters. The number of fused-ring (bicyclic) bond motifs is 9. The number of hydrogen-bond donors (Lipinski definition) is 0. The monoisotopic (exact) mass is 644 g/mol. The van der Waals surface area contributed by atoms with E-state index in [1.165, 1.54) is 11.3 Å². The number of para-hydroxylation sites is 4. The summed E-state index contributed by atoms with van der Waals surface area (Å²) < 4.78 is 13.8. The maximum Gasteiger partial charge on any atom is 0.177 e. The highest BCUT2D eigenvalue weighted by atomic mass is 16.5. The molecular weight excluding hydrogens is 613 g/mol. The number of benzene rings is 7. The van der Waals surface area contributed by atoms with Crippen LogP contribution in [0, 0.1) is 0 Å². The normalized spacial score (nSPS) is 14.9. The molecule has 238 valence electrons. The summed E-state index contributed by atoms with van der Waals surface area (Å²) in [4.78, 5) is 4.64. The largest absolute Gasteiger partial charge is 0.481 e. The molecule has 0 amide bonds. The Kier molecular flexibility index (Phi) is 6.59. The molecule has 0 saturated heterocycles. The maximum absolute atomic E-state index is 6.89. The number of furan rings is 1. The number of rotatable bonds is 6. The first-order chi connectivity index (χ1) is 24.8. The first-order valence-electron chi connectivity index (χ1n) is 17.1. The second-order valence-electron chi connectivity index (χ2n) is 12.8. The molecule has 1 unspecified atom stereocenters. The zero-order valence-corrected chi connectivity index (χ0v) is 27.2. The molecule has 0 fully saturated rings. The average Bonchev–Trinajstić information content (AvgIpc) is 3.75. The van der Waals surface area contributed by atoms with Crippen LogP contribution in [-0.4, -0.2) is 6.10 Å². The van der Waals surface area contributed by atoms with Gasteiger partial charge in [-0.05, 0) is 72.1 Å². The van der Waals surface area contributed by atoms with Crippen LogP contribution in [-0.2, 0) is 0 Å². The van der Waals surface area contributed by atoms with Gasteiger partial charge in [-0.2, -0.15) is 0 Å². The van der Waals surface area contributed by atoms with Crippen molar-refractivity contribution in [3.8, 4) is 5.75 Å². The summed E-state index contributed by atoms with van der Waals surface area (Å²) in [6.45, 7) is 0. The number of hydrogen-bond acceptors (Lipinski definition) is 4. The molecule has 50 heavy (non-hydrogen) atoms. The minimum absolute atomic E-state index is 0.113. The topological polar surface area (TPSA) is 28.9 Å². The lowest BCUT2D eigenvalue weighted by Gasteiger charge is -2.31. The van der Waals surface area contributed by atoms with Crippen molar-refractivity contribution in [3.63, 3.8) is 0 Å². The number of nitrogens with zero attached hydrogens (tertiary/aromatic N) is 2. The van der Waals surface area contributed by atoms with Crippen LogP contribution in [0.4, 0.5) is 28.4 Å². The summed E-state index contributed by atoms with van der Waals surface area (Å²) in [6.07, 6.45) is 5.10. The van der Waals surface area contributed by atoms with E-state index in [0.29, 0.717) is 0 Å². The molecule has 2 aliphatic rings. The standard InChI is InChI=1S/C46H32N2O2/c1-5-15-31(16-6-1)47(32-17-7-2-8-18-32)35-25-26-37-39-27-28-40-44-38-24-14-13-23-36(38)41(30-43(44)50-46(40)45(39)49-42(37)29-35)48(33-19-9-3-10-20-33)34-21-11-4-12-22-34/h1-28,30,42H,29H2. The summed E-state index contributed by atoms with van der Waals surface area (Å²) in [5, 5.41) is 4.48. The molecule has 1 aromatic heterocycles. The van der Waals surface area contributed by atoms with E-state index in [9.17, 15) is 0 Å². The van der Waals surface area contributed by atoms with Crippen LogP contribution in [0.15, 0.2) is 186 Å². The van der Waals surface area contributed by atoms with Crippen molar-refractivity contribution in [3.05, 3.63) is 187 Å². The molecular formula is C46H32N2O2. The number of ether oxygens (including phenoxy) is 1. The smallest absolute Gasteiger partial charge is 0.177 e. The van der Waals surface area contributed by atoms with E-state index in [-0.39, 0.29) is 6.10 Å². The second-order valence-corrected chi connectivity index (χ2v) is 12.8. The lowest BCUT2D eigenvalue weighted by atomic mass is 9.93. The predicted octanol–water partition coefficient (Wildman–Crippen LogP) is 12.5. The maximum atomic E-state index is 6.89. The van der Waals surface area contributed by atoms with E-state index in [4.69, 9.17) is 9.15 Å². The van der Waals surface area contributed by atoms with E-state index < -0.39 is 0 Å². The van der Waals surface area contributed by atoms with E-state index in [1.54, 1.807) is 0 Å². The van der Waals surface area contributed by atoms with Gasteiger partial charge in [0.25, 0.3) is 0 Å². The van der Waals surface area contributed by atoms with Gasteiger partial charge in [0.15, 0.2) is 11.3 Å². The van der Waals surface area contributed by atoms with Crippen LogP contribution in [0.2, 0.25) is 0 Å². The quantitative estimate of drug-likeness (QED) is 0.180. The Hall–Kier alpha value is -6.52. The molecule has 0 saturated carbocycles. The van der Waals surface area contributed by atoms with Gasteiger partial charge in [-0.3, -0.25) is 0 Å². The van der Waals surface area contributed by atoms with Gasteiger partial charge in [0, 0.05) is 68.2 Å². The molecule has 7 aromatic carbocycles. The average molecular weight is 645 g/mol. The molecule has 4 heteroatoms. The van der Waals surface area contributed by atoms with Crippen LogP contribution >= 0.6 is 0 Å². The highest BCUT2D eigenvalue weighted by molar-refractivity contribution is 6.23. The molecule has 8 aromatic rings. The Morgan fingerprint density at radius 1 is 0.500 bits per heavy atom. The third-order valence-corrected chi connectivity index (χ3v) is 9.93. The van der Waals surface area contributed by atoms with Gasteiger partial charge in [-0.15, -0.1) is 0 Å². The first kappa shape index (κ1) is 28.5. The third kappa shape index (κ3) is 4.53. The highest BCUT2D eigenvalue weighted by Crippen LogP contribution is 2.51. The summed E-state index contributed by atoms with van der Waals surface area (Å²) >= 11 is 0. The van der Waals surface area contributed by atoms with Gasteiger partial charge in [0.1, 0.15) is 11.7 Å². The molecule has 0 radical (unpaired) electrons. The Labute approximate surface area is 290 Å². The Balaban J connectivity index is 1.11. The van der Waals surface area contributed by atoms with Gasteiger partial charge in [-0.1, -0.05) is 103 Å². The van der Waals surface area contributed by atoms with Crippen LogP contribution in [0.3, 0.4) is 0 Å². The predicted molar refractivity (Wildman–Crippen MR) is 206 cm³/mol. The van der Waals surface area contributed by atoms with Gasteiger partial charge < -0.3 is 19.0 Å². The van der Waals surface area contributed by atoms with E-state index in [0.717, 1.165) is 78.9 Å². The van der Waals surface area contributed by atoms with Crippen LogP contribution in [0.1, 0.15) is 12.0 Å². The van der Waals surface area contributed by atoms with Crippen molar-refractivity contribution in [1.29, 1.82) is 0 Å². The first-order valence-corrected chi connectivity index (χ1v) is 17.1. The lowest BCUT2D eigenvalue weighted by Crippen LogP contribution is -2.24. The van der Waals surface area contributed by atoms with Crippen LogP contribution in [0.5, 0.6) is 5.75 Å². The van der Waals surface area contributed by atoms with Crippen molar-refractivity contribution in [1.82, 2.24) is 0 Å². The molecule has 10 rings (SSSR count). The zero-order valence-electron chi connectivity index (χ0n) is 27.2. The zero-order chi connectivity index (χ0) is 33.0. The minimum atomic E-state index is -0.113. The van der Waals surface area contributed by atoms with Crippen LogP contribution in [0.25, 0.3) is 38.3 Å². The lowest BCUT2D eigenvalue weighted by molar-refractivity contribution is 0.274. The molecule has 1 aliphatic heterocycles. The minimum Gasteiger partial charge on any atom is -0.481 e. The Bertz CT molecular complexity index is 2510. The summed E-state index contributed by atoms with van der Waals surface area (Å²) in [5.74, 6) is 0.823. The van der Waals surface area contributed by atoms with Crippen LogP contribution < -0.4 is 14.5 Å². The highest BCUT2D eigenvalue weighted by Gasteiger charge is 2.36. The van der Waals surface area contributed by atoms with Crippen molar-refractivity contribution in [2.75, 3.05) is 9.80 Å². The fraction of sp³-hybridized carbons (Fsp3) is 0.0435. The van der Waals surface area contributed by atoms with Gasteiger partial charge in [0.05, 0.1) is 5.69 Å². The SMILES string of the molecule is C1=C2c3ccc4c(oc5cc(N(c6ccccc6)c6ccccc6)c6ccccc6c54)c3OC2CC(N(c2ccccc2)c2ccccc2)=C1. The van der Waals surface area contributed by atoms with Crippen molar-refractivity contribution in [2.24, 2.45) is 0 Å². The second kappa shape index (κ2) is 11.6. The summed E-state index contributed by atoms with van der Waals surface area (Å²) in [7, 11) is 0. The summed E-state index contributed by atoms with van der Waals surface area (Å²) in [6, 6.07) is 57.4. The molecule has 4 nitrogen and oxygen atoms in total. The van der Waals surface area contributed by atoms with Crippen molar-refractivity contribution >= 4 is 66.7 Å². The molecule has 0 N–H and O–H groups in total. The van der Waals surface area contributed by atoms with Gasteiger partial charge in [-0.25, -0.2) is 0 Å². The van der Waals surface area contributed by atoms with E-state index >= 15 is 0 Å². The number of anilines is 5. The van der Waals surface area contributed by atoms with Crippen molar-refractivity contribution in [2.45, 2.75) is 12.5 Å². The number of allylic oxidation sites excluding steroid dienone is 2. The Morgan fingerprint density at radius 3 is 1.64 bits per heavy atom. The summed E-state index contributed by atoms with van der Waals surface area (Å²) in [5.41, 5.74) is 10.6. The van der Waals surface area contributed by atoms with Crippen molar-refractivity contribution < 1.29 is 9.15 Å². The molecule has 2 heterocycles. The van der Waals surface area contributed by atoms with E-state index in [1.807, 2.05) is 0 Å². The van der Waals surface area contributed by atoms with Gasteiger partial charge in [0.2, 0.25) is 0 Å². The van der Waals surface area contributed by atoms with E-state index in [2.05, 4.69) is 186 Å². The Morgan fingerprint density at radius 2 is 1.04 bits per heavy atom. The van der Waals surface area contributed by atoms with Gasteiger partial charge >= 0.3 is 0 Å².